The first-order chi connectivity index (χ1) is 12.6. The fraction of sp³-hybridized carbons (Fsp3) is 0.111. The number of nitrogens with one attached hydrogen (secondary N) is 1. The molecule has 27 heavy (non-hydrogen) atoms. The molecule has 1 heterocycles. The van der Waals surface area contributed by atoms with Crippen LogP contribution in [0.3, 0.4) is 0 Å². The molecule has 0 aliphatic heterocycles. The molecule has 0 fully saturated rings. The van der Waals surface area contributed by atoms with Crippen molar-refractivity contribution in [3.8, 4) is 0 Å². The second kappa shape index (κ2) is 7.14. The van der Waals surface area contributed by atoms with Gasteiger partial charge in [0.2, 0.25) is 0 Å². The van der Waals surface area contributed by atoms with Crippen molar-refractivity contribution >= 4 is 41.7 Å². The Kier molecular flexibility index (Phi) is 5.20. The van der Waals surface area contributed by atoms with Crippen molar-refractivity contribution < 1.29 is 16.8 Å². The van der Waals surface area contributed by atoms with E-state index in [2.05, 4.69) is 20.7 Å². The number of rotatable bonds is 5. The Morgan fingerprint density at radius 3 is 2.19 bits per heavy atom. The minimum atomic E-state index is -3.96. The second-order valence-electron chi connectivity index (χ2n) is 5.93. The molecular formula is C18H17BrN2O4S2. The third kappa shape index (κ3) is 3.80. The van der Waals surface area contributed by atoms with Crippen LogP contribution in [-0.2, 0) is 20.0 Å². The molecule has 0 amide bonds. The predicted molar refractivity (Wildman–Crippen MR) is 108 cm³/mol. The van der Waals surface area contributed by atoms with Gasteiger partial charge in [-0.1, -0.05) is 40.2 Å². The van der Waals surface area contributed by atoms with Crippen LogP contribution in [0.2, 0.25) is 0 Å². The lowest BCUT2D eigenvalue weighted by molar-refractivity contribution is 0.584. The van der Waals surface area contributed by atoms with Gasteiger partial charge < -0.3 is 0 Å². The van der Waals surface area contributed by atoms with Crippen molar-refractivity contribution in [2.24, 2.45) is 0 Å². The quantitative estimate of drug-likeness (QED) is 0.614. The van der Waals surface area contributed by atoms with Gasteiger partial charge in [-0.25, -0.2) is 20.8 Å². The molecule has 1 N–H and O–H groups in total. The SMILES string of the molecule is Cc1cc(S(=O)(=O)Nc2cccc(Br)c2)c(C)n1S(=O)(=O)c1ccccc1. The molecule has 0 bridgehead atoms. The largest absolute Gasteiger partial charge is 0.280 e. The van der Waals surface area contributed by atoms with Gasteiger partial charge >= 0.3 is 0 Å². The van der Waals surface area contributed by atoms with Gasteiger partial charge in [0, 0.05) is 15.9 Å². The van der Waals surface area contributed by atoms with E-state index in [-0.39, 0.29) is 15.5 Å². The summed E-state index contributed by atoms with van der Waals surface area (Å²) in [6.07, 6.45) is 0. The first-order valence-corrected chi connectivity index (χ1v) is 11.6. The standard InChI is InChI=1S/C18H17BrN2O4S2/c1-13-11-18(26(22,23)20-16-8-6-7-15(19)12-16)14(2)21(13)27(24,25)17-9-4-3-5-10-17/h3-12,20H,1-2H3. The van der Waals surface area contributed by atoms with Gasteiger partial charge in [-0.05, 0) is 50.2 Å². The van der Waals surface area contributed by atoms with Crippen LogP contribution in [0.1, 0.15) is 11.4 Å². The third-order valence-electron chi connectivity index (χ3n) is 3.97. The Balaban J connectivity index is 2.08. The molecule has 0 aliphatic rings. The highest BCUT2D eigenvalue weighted by Crippen LogP contribution is 2.27. The van der Waals surface area contributed by atoms with Gasteiger partial charge in [0.25, 0.3) is 20.0 Å². The van der Waals surface area contributed by atoms with Crippen LogP contribution in [0.4, 0.5) is 5.69 Å². The summed E-state index contributed by atoms with van der Waals surface area (Å²) in [6, 6.07) is 16.0. The Hall–Kier alpha value is -2.10. The number of aromatic nitrogens is 1. The van der Waals surface area contributed by atoms with E-state index >= 15 is 0 Å². The maximum Gasteiger partial charge on any atom is 0.268 e. The fourth-order valence-corrected chi connectivity index (χ4v) is 6.23. The normalized spacial score (nSPS) is 12.1. The van der Waals surface area contributed by atoms with Crippen molar-refractivity contribution in [3.05, 3.63) is 76.5 Å². The first kappa shape index (κ1) is 19.7. The lowest BCUT2D eigenvalue weighted by atomic mass is 10.3. The zero-order valence-corrected chi connectivity index (χ0v) is 17.8. The van der Waals surface area contributed by atoms with Crippen LogP contribution in [0, 0.1) is 13.8 Å². The minimum Gasteiger partial charge on any atom is -0.280 e. The lowest BCUT2D eigenvalue weighted by Gasteiger charge is -2.12. The number of anilines is 1. The number of aryl methyl sites for hydroxylation is 1. The molecule has 0 saturated heterocycles. The number of sulfonamides is 1. The number of nitrogens with zero attached hydrogens (tertiary/aromatic N) is 1. The van der Waals surface area contributed by atoms with Gasteiger partial charge in [0.15, 0.2) is 0 Å². The smallest absolute Gasteiger partial charge is 0.268 e. The molecule has 6 nitrogen and oxygen atoms in total. The lowest BCUT2D eigenvalue weighted by Crippen LogP contribution is -2.18. The van der Waals surface area contributed by atoms with Gasteiger partial charge in [-0.3, -0.25) is 4.72 Å². The van der Waals surface area contributed by atoms with Gasteiger partial charge in [-0.2, -0.15) is 0 Å². The highest BCUT2D eigenvalue weighted by molar-refractivity contribution is 9.10. The van der Waals surface area contributed by atoms with Crippen LogP contribution < -0.4 is 4.72 Å². The van der Waals surface area contributed by atoms with Gasteiger partial charge in [0.05, 0.1) is 10.6 Å². The molecule has 1 aromatic heterocycles. The van der Waals surface area contributed by atoms with Crippen molar-refractivity contribution in [2.75, 3.05) is 4.72 Å². The number of benzene rings is 2. The molecule has 0 aliphatic carbocycles. The number of hydrogen-bond acceptors (Lipinski definition) is 4. The zero-order chi connectivity index (χ0) is 19.8. The molecule has 3 rings (SSSR count). The van der Waals surface area contributed by atoms with Crippen LogP contribution in [0.15, 0.2) is 74.9 Å². The summed E-state index contributed by atoms with van der Waals surface area (Å²) in [5.74, 6) is 0. The van der Waals surface area contributed by atoms with Crippen molar-refractivity contribution in [2.45, 2.75) is 23.6 Å². The van der Waals surface area contributed by atoms with E-state index in [4.69, 9.17) is 0 Å². The van der Waals surface area contributed by atoms with Crippen LogP contribution in [0.25, 0.3) is 0 Å². The van der Waals surface area contributed by atoms with E-state index in [0.29, 0.717) is 11.4 Å². The predicted octanol–water partition coefficient (Wildman–Crippen LogP) is 3.91. The number of hydrogen-bond donors (Lipinski definition) is 1. The summed E-state index contributed by atoms with van der Waals surface area (Å²) >= 11 is 3.29. The van der Waals surface area contributed by atoms with Gasteiger partial charge in [0.1, 0.15) is 4.90 Å². The summed E-state index contributed by atoms with van der Waals surface area (Å²) in [5.41, 5.74) is 0.810. The highest BCUT2D eigenvalue weighted by atomic mass is 79.9. The minimum absolute atomic E-state index is 0.0838. The van der Waals surface area contributed by atoms with Crippen LogP contribution in [0.5, 0.6) is 0 Å². The summed E-state index contributed by atoms with van der Waals surface area (Å²) in [4.78, 5) is 0.00942. The van der Waals surface area contributed by atoms with Crippen molar-refractivity contribution in [1.29, 1.82) is 0 Å². The maximum absolute atomic E-state index is 13.0. The molecule has 3 aromatic rings. The zero-order valence-electron chi connectivity index (χ0n) is 14.5. The second-order valence-corrected chi connectivity index (χ2v) is 10.3. The summed E-state index contributed by atoms with van der Waals surface area (Å²) in [7, 11) is -7.86. The Labute approximate surface area is 167 Å². The molecule has 0 spiro atoms. The van der Waals surface area contributed by atoms with E-state index in [1.165, 1.54) is 25.1 Å². The Morgan fingerprint density at radius 1 is 0.889 bits per heavy atom. The summed E-state index contributed by atoms with van der Waals surface area (Å²) in [6.45, 7) is 3.04. The summed E-state index contributed by atoms with van der Waals surface area (Å²) < 4.78 is 55.8. The summed E-state index contributed by atoms with van der Waals surface area (Å²) in [5, 5.41) is 0. The average Bonchev–Trinajstić information content (AvgIpc) is 2.91. The van der Waals surface area contributed by atoms with E-state index in [1.54, 1.807) is 49.4 Å². The first-order valence-electron chi connectivity index (χ1n) is 7.91. The van der Waals surface area contributed by atoms with Crippen LogP contribution in [-0.4, -0.2) is 20.8 Å². The molecule has 2 aromatic carbocycles. The Morgan fingerprint density at radius 2 is 1.56 bits per heavy atom. The topological polar surface area (TPSA) is 85.2 Å². The molecule has 0 saturated carbocycles. The molecule has 0 unspecified atom stereocenters. The van der Waals surface area contributed by atoms with Gasteiger partial charge in [-0.15, -0.1) is 0 Å². The Bertz CT molecular complexity index is 1200. The maximum atomic E-state index is 13.0. The molecular weight excluding hydrogens is 452 g/mol. The fourth-order valence-electron chi connectivity index (χ4n) is 2.82. The molecule has 9 heteroatoms. The molecule has 0 radical (unpaired) electrons. The third-order valence-corrected chi connectivity index (χ3v) is 7.87. The molecule has 0 atom stereocenters. The van der Waals surface area contributed by atoms with E-state index in [0.717, 1.165) is 8.45 Å². The van der Waals surface area contributed by atoms with E-state index in [1.807, 2.05) is 0 Å². The van der Waals surface area contributed by atoms with Crippen LogP contribution >= 0.6 is 15.9 Å². The monoisotopic (exact) mass is 468 g/mol. The molecule has 142 valence electrons. The highest BCUT2D eigenvalue weighted by Gasteiger charge is 2.28. The van der Waals surface area contributed by atoms with E-state index in [9.17, 15) is 16.8 Å². The van der Waals surface area contributed by atoms with E-state index < -0.39 is 20.0 Å². The number of halogens is 1. The average molecular weight is 469 g/mol. The van der Waals surface area contributed by atoms with Crippen molar-refractivity contribution in [1.82, 2.24) is 3.97 Å². The van der Waals surface area contributed by atoms with Crippen molar-refractivity contribution in [3.63, 3.8) is 0 Å².